The standard InChI is InChI=1S/C31H40.C19H16/c1-29(2,3)25-16-10-22(11-17-25)28(23-12-18-26(19-13-23)30(4,5)6)24-14-20-27(21-15-24)31(7,8)9;1-4-10-16(11-5-1)19(17-12-6-2-7-13-17)18-14-8-3-9-15-18/h10-21,28H,1-9H3;1-15,19H. The second-order valence-corrected chi connectivity index (χ2v) is 16.7. The Bertz CT molecular complexity index is 1650. The van der Waals surface area contributed by atoms with Crippen LogP contribution in [0.25, 0.3) is 0 Å². The van der Waals surface area contributed by atoms with Gasteiger partial charge in [0.15, 0.2) is 0 Å². The fourth-order valence-electron chi connectivity index (χ4n) is 6.62. The topological polar surface area (TPSA) is 0 Å². The molecular weight excluding hydrogens is 601 g/mol. The average Bonchev–Trinajstić information content (AvgIpc) is 3.10. The summed E-state index contributed by atoms with van der Waals surface area (Å²) in [6.45, 7) is 20.5. The van der Waals surface area contributed by atoms with Crippen molar-refractivity contribution in [2.75, 3.05) is 0 Å². The molecule has 256 valence electrons. The maximum atomic E-state index is 2.32. The van der Waals surface area contributed by atoms with Crippen molar-refractivity contribution in [3.8, 4) is 0 Å². The van der Waals surface area contributed by atoms with E-state index in [1.54, 1.807) is 0 Å². The molecule has 6 aromatic rings. The highest BCUT2D eigenvalue weighted by Crippen LogP contribution is 2.36. The lowest BCUT2D eigenvalue weighted by Gasteiger charge is -2.25. The van der Waals surface area contributed by atoms with Crippen molar-refractivity contribution in [1.29, 1.82) is 0 Å². The van der Waals surface area contributed by atoms with Crippen molar-refractivity contribution < 1.29 is 0 Å². The monoisotopic (exact) mass is 656 g/mol. The van der Waals surface area contributed by atoms with Crippen LogP contribution >= 0.6 is 0 Å². The summed E-state index contributed by atoms with van der Waals surface area (Å²) < 4.78 is 0. The van der Waals surface area contributed by atoms with Crippen LogP contribution in [0.1, 0.15) is 124 Å². The first-order valence-corrected chi connectivity index (χ1v) is 18.2. The zero-order chi connectivity index (χ0) is 35.9. The van der Waals surface area contributed by atoms with E-state index >= 15 is 0 Å². The largest absolute Gasteiger partial charge is 0.0622 e. The summed E-state index contributed by atoms with van der Waals surface area (Å²) in [5.41, 5.74) is 12.7. The van der Waals surface area contributed by atoms with Crippen LogP contribution in [-0.2, 0) is 16.2 Å². The molecule has 50 heavy (non-hydrogen) atoms. The second kappa shape index (κ2) is 15.5. The highest BCUT2D eigenvalue weighted by molar-refractivity contribution is 5.47. The molecule has 0 aliphatic rings. The van der Waals surface area contributed by atoms with E-state index in [-0.39, 0.29) is 22.2 Å². The Morgan fingerprint density at radius 3 is 0.600 bits per heavy atom. The van der Waals surface area contributed by atoms with Crippen LogP contribution < -0.4 is 0 Å². The minimum Gasteiger partial charge on any atom is -0.0622 e. The van der Waals surface area contributed by atoms with E-state index < -0.39 is 0 Å². The van der Waals surface area contributed by atoms with E-state index in [2.05, 4.69) is 226 Å². The van der Waals surface area contributed by atoms with E-state index in [1.807, 2.05) is 0 Å². The molecule has 0 atom stereocenters. The summed E-state index contributed by atoms with van der Waals surface area (Å²) in [5, 5.41) is 0. The van der Waals surface area contributed by atoms with Crippen molar-refractivity contribution >= 4 is 0 Å². The molecule has 0 aliphatic carbocycles. The molecule has 0 unspecified atom stereocenters. The van der Waals surface area contributed by atoms with Gasteiger partial charge in [0.2, 0.25) is 0 Å². The molecule has 0 amide bonds. The molecule has 0 heterocycles. The number of hydrogen-bond acceptors (Lipinski definition) is 0. The maximum Gasteiger partial charge on any atom is 0.0339 e. The van der Waals surface area contributed by atoms with Gasteiger partial charge in [-0.3, -0.25) is 0 Å². The van der Waals surface area contributed by atoms with E-state index in [1.165, 1.54) is 50.1 Å². The molecule has 6 rings (SSSR count). The predicted octanol–water partition coefficient (Wildman–Crippen LogP) is 13.6. The minimum atomic E-state index is 0.163. The van der Waals surface area contributed by atoms with Gasteiger partial charge in [-0.2, -0.15) is 0 Å². The molecule has 0 nitrogen and oxygen atoms in total. The zero-order valence-corrected chi connectivity index (χ0v) is 31.7. The summed E-state index contributed by atoms with van der Waals surface area (Å²) in [5.74, 6) is 0.542. The van der Waals surface area contributed by atoms with Crippen molar-refractivity contribution in [2.24, 2.45) is 0 Å². The molecule has 0 saturated carbocycles. The highest BCUT2D eigenvalue weighted by atomic mass is 14.3. The van der Waals surface area contributed by atoms with E-state index in [9.17, 15) is 0 Å². The molecule has 0 aromatic heterocycles. The summed E-state index contributed by atoms with van der Waals surface area (Å²) in [6.07, 6.45) is 0. The third-order valence-electron chi connectivity index (χ3n) is 9.73. The molecule has 0 N–H and O–H groups in total. The number of benzene rings is 6. The second-order valence-electron chi connectivity index (χ2n) is 16.7. The molecule has 0 bridgehead atoms. The highest BCUT2D eigenvalue weighted by Gasteiger charge is 2.22. The number of rotatable bonds is 6. The molecule has 0 saturated heterocycles. The van der Waals surface area contributed by atoms with Crippen LogP contribution in [0, 0.1) is 0 Å². The molecule has 0 fully saturated rings. The maximum absolute atomic E-state index is 2.32. The number of hydrogen-bond donors (Lipinski definition) is 0. The fourth-order valence-corrected chi connectivity index (χ4v) is 6.62. The van der Waals surface area contributed by atoms with E-state index in [0.29, 0.717) is 5.92 Å². The lowest BCUT2D eigenvalue weighted by Crippen LogP contribution is -2.13. The van der Waals surface area contributed by atoms with Gasteiger partial charge in [0.25, 0.3) is 0 Å². The van der Waals surface area contributed by atoms with Crippen LogP contribution in [0.15, 0.2) is 164 Å². The van der Waals surface area contributed by atoms with Crippen LogP contribution in [0.3, 0.4) is 0 Å². The van der Waals surface area contributed by atoms with E-state index in [0.717, 1.165) is 0 Å². The Hall–Kier alpha value is -4.68. The Labute approximate surface area is 303 Å². The van der Waals surface area contributed by atoms with Gasteiger partial charge in [-0.05, 0) is 66.3 Å². The third-order valence-corrected chi connectivity index (χ3v) is 9.73. The first-order valence-electron chi connectivity index (χ1n) is 18.2. The molecule has 0 aliphatic heterocycles. The molecule has 0 heteroatoms. The van der Waals surface area contributed by atoms with Crippen LogP contribution in [-0.4, -0.2) is 0 Å². The van der Waals surface area contributed by atoms with E-state index in [4.69, 9.17) is 0 Å². The van der Waals surface area contributed by atoms with Gasteiger partial charge in [0.1, 0.15) is 0 Å². The van der Waals surface area contributed by atoms with Gasteiger partial charge in [0, 0.05) is 11.8 Å². The Balaban J connectivity index is 0.000000217. The lowest BCUT2D eigenvalue weighted by atomic mass is 9.79. The van der Waals surface area contributed by atoms with Gasteiger partial charge < -0.3 is 0 Å². The van der Waals surface area contributed by atoms with Gasteiger partial charge in [-0.1, -0.05) is 226 Å². The van der Waals surface area contributed by atoms with Gasteiger partial charge in [-0.25, -0.2) is 0 Å². The average molecular weight is 657 g/mol. The minimum absolute atomic E-state index is 0.163. The Kier molecular flexibility index (Phi) is 11.3. The van der Waals surface area contributed by atoms with Crippen molar-refractivity contribution in [2.45, 2.75) is 90.4 Å². The summed E-state index contributed by atoms with van der Waals surface area (Å²) in [4.78, 5) is 0. The van der Waals surface area contributed by atoms with Crippen LogP contribution in [0.5, 0.6) is 0 Å². The van der Waals surface area contributed by atoms with Crippen molar-refractivity contribution in [1.82, 2.24) is 0 Å². The van der Waals surface area contributed by atoms with Gasteiger partial charge in [-0.15, -0.1) is 0 Å². The van der Waals surface area contributed by atoms with Crippen molar-refractivity contribution in [3.63, 3.8) is 0 Å². The molecule has 0 radical (unpaired) electrons. The molecule has 6 aromatic carbocycles. The molecular formula is C50H56. The Morgan fingerprint density at radius 1 is 0.240 bits per heavy atom. The smallest absolute Gasteiger partial charge is 0.0339 e. The van der Waals surface area contributed by atoms with Crippen LogP contribution in [0.2, 0.25) is 0 Å². The predicted molar refractivity (Wildman–Crippen MR) is 217 cm³/mol. The first kappa shape index (κ1) is 36.6. The summed E-state index contributed by atoms with van der Waals surface area (Å²) >= 11 is 0. The first-order chi connectivity index (χ1) is 23.7. The SMILES string of the molecule is CC(C)(C)c1ccc(C(c2ccc(C(C)(C)C)cc2)c2ccc(C(C)(C)C)cc2)cc1.c1ccc(C(c2ccccc2)c2ccccc2)cc1. The van der Waals surface area contributed by atoms with Crippen molar-refractivity contribution in [3.05, 3.63) is 214 Å². The normalized spacial score (nSPS) is 12.1. The Morgan fingerprint density at radius 2 is 0.420 bits per heavy atom. The lowest BCUT2D eigenvalue weighted by molar-refractivity contribution is 0.589. The quantitative estimate of drug-likeness (QED) is 0.157. The van der Waals surface area contributed by atoms with Gasteiger partial charge in [0.05, 0.1) is 0 Å². The third kappa shape index (κ3) is 9.30. The van der Waals surface area contributed by atoms with Gasteiger partial charge >= 0.3 is 0 Å². The zero-order valence-electron chi connectivity index (χ0n) is 31.7. The molecule has 0 spiro atoms. The summed E-state index contributed by atoms with van der Waals surface area (Å²) in [7, 11) is 0. The van der Waals surface area contributed by atoms with Crippen LogP contribution in [0.4, 0.5) is 0 Å². The summed E-state index contributed by atoms with van der Waals surface area (Å²) in [6, 6.07) is 59.8. The fraction of sp³-hybridized carbons (Fsp3) is 0.280.